The highest BCUT2D eigenvalue weighted by atomic mass is 32.2. The molecule has 0 saturated heterocycles. The first-order valence-electron chi connectivity index (χ1n) is 8.76. The van der Waals surface area contributed by atoms with Gasteiger partial charge in [-0.2, -0.15) is 0 Å². The molecule has 1 unspecified atom stereocenters. The van der Waals surface area contributed by atoms with E-state index in [1.165, 1.54) is 6.08 Å². The highest BCUT2D eigenvalue weighted by Gasteiger charge is 2.17. The first-order valence-corrected chi connectivity index (χ1v) is 10.8. The summed E-state index contributed by atoms with van der Waals surface area (Å²) < 4.78 is 23.1. The smallest absolute Gasteiger partial charge is 0.246 e. The predicted octanol–water partition coefficient (Wildman–Crippen LogP) is 2.70. The summed E-state index contributed by atoms with van der Waals surface area (Å²) in [5.41, 5.74) is 2.71. The lowest BCUT2D eigenvalue weighted by molar-refractivity contribution is -0.123. The Morgan fingerprint density at radius 2 is 1.75 bits per heavy atom. The summed E-state index contributed by atoms with van der Waals surface area (Å²) in [4.78, 5) is 24.4. The van der Waals surface area contributed by atoms with E-state index in [2.05, 4.69) is 10.6 Å². The number of anilines is 1. The number of carbonyl (C=O) groups excluding carboxylic acids is 2. The van der Waals surface area contributed by atoms with E-state index in [1.54, 1.807) is 38.1 Å². The lowest BCUT2D eigenvalue weighted by Crippen LogP contribution is -2.41. The van der Waals surface area contributed by atoms with Crippen LogP contribution in [-0.4, -0.2) is 32.5 Å². The number of hydrogen-bond donors (Lipinski definition) is 2. The van der Waals surface area contributed by atoms with Gasteiger partial charge >= 0.3 is 0 Å². The number of sulfone groups is 1. The number of hydrogen-bond acceptors (Lipinski definition) is 4. The minimum atomic E-state index is -3.18. The van der Waals surface area contributed by atoms with Gasteiger partial charge < -0.3 is 10.6 Å². The van der Waals surface area contributed by atoms with Gasteiger partial charge in [0.05, 0.1) is 5.75 Å². The molecule has 0 aliphatic rings. The summed E-state index contributed by atoms with van der Waals surface area (Å²) in [5, 5.41) is 5.35. The van der Waals surface area contributed by atoms with Crippen LogP contribution in [0.3, 0.4) is 0 Å². The predicted molar refractivity (Wildman–Crippen MR) is 111 cm³/mol. The topological polar surface area (TPSA) is 92.3 Å². The largest absolute Gasteiger partial charge is 0.341 e. The molecule has 0 radical (unpaired) electrons. The second-order valence-corrected chi connectivity index (χ2v) is 8.76. The quantitative estimate of drug-likeness (QED) is 0.699. The van der Waals surface area contributed by atoms with Crippen LogP contribution in [0.25, 0.3) is 6.08 Å². The van der Waals surface area contributed by atoms with Crippen LogP contribution in [-0.2, 0) is 25.2 Å². The van der Waals surface area contributed by atoms with Crippen molar-refractivity contribution in [1.29, 1.82) is 0 Å². The zero-order valence-corrected chi connectivity index (χ0v) is 16.9. The van der Waals surface area contributed by atoms with Crippen LogP contribution >= 0.6 is 0 Å². The molecule has 2 rings (SSSR count). The number of amides is 2. The van der Waals surface area contributed by atoms with E-state index >= 15 is 0 Å². The lowest BCUT2D eigenvalue weighted by Gasteiger charge is -2.16. The SMILES string of the molecule is Cc1c(CS(C)(=O)=O)cccc1NC(=O)C(C)NC(=O)/C=C/c1ccccc1. The van der Waals surface area contributed by atoms with Crippen molar-refractivity contribution in [3.05, 3.63) is 71.3 Å². The summed E-state index contributed by atoms with van der Waals surface area (Å²) in [6, 6.07) is 13.7. The molecule has 0 aliphatic heterocycles. The Kier molecular flexibility index (Phi) is 7.12. The molecular formula is C21H24N2O4S. The van der Waals surface area contributed by atoms with E-state index in [9.17, 15) is 18.0 Å². The summed E-state index contributed by atoms with van der Waals surface area (Å²) in [6.45, 7) is 3.33. The van der Waals surface area contributed by atoms with Crippen LogP contribution < -0.4 is 10.6 Å². The number of benzene rings is 2. The fraction of sp³-hybridized carbons (Fsp3) is 0.238. The van der Waals surface area contributed by atoms with Crippen molar-refractivity contribution < 1.29 is 18.0 Å². The van der Waals surface area contributed by atoms with Gasteiger partial charge in [-0.1, -0.05) is 42.5 Å². The highest BCUT2D eigenvalue weighted by Crippen LogP contribution is 2.21. The average Bonchev–Trinajstić information content (AvgIpc) is 2.63. The van der Waals surface area contributed by atoms with E-state index < -0.39 is 15.9 Å². The lowest BCUT2D eigenvalue weighted by atomic mass is 10.1. The fourth-order valence-corrected chi connectivity index (χ4v) is 3.44. The molecule has 7 heteroatoms. The number of carbonyl (C=O) groups is 2. The second-order valence-electron chi connectivity index (χ2n) is 6.62. The van der Waals surface area contributed by atoms with Crippen molar-refractivity contribution in [2.75, 3.05) is 11.6 Å². The van der Waals surface area contributed by atoms with E-state index in [-0.39, 0.29) is 17.6 Å². The molecule has 2 N–H and O–H groups in total. The van der Waals surface area contributed by atoms with Crippen LogP contribution in [0.4, 0.5) is 5.69 Å². The van der Waals surface area contributed by atoms with Crippen molar-refractivity contribution >= 4 is 33.4 Å². The monoisotopic (exact) mass is 400 g/mol. The highest BCUT2D eigenvalue weighted by molar-refractivity contribution is 7.89. The van der Waals surface area contributed by atoms with E-state index in [4.69, 9.17) is 0 Å². The summed E-state index contributed by atoms with van der Waals surface area (Å²) in [5.74, 6) is -0.867. The maximum atomic E-state index is 12.4. The molecule has 148 valence electrons. The van der Waals surface area contributed by atoms with Gasteiger partial charge in [0.25, 0.3) is 0 Å². The Hall–Kier alpha value is -2.93. The molecule has 28 heavy (non-hydrogen) atoms. The Morgan fingerprint density at radius 1 is 1.07 bits per heavy atom. The molecule has 0 aromatic heterocycles. The third-order valence-electron chi connectivity index (χ3n) is 4.10. The van der Waals surface area contributed by atoms with Gasteiger partial charge in [0.2, 0.25) is 11.8 Å². The van der Waals surface area contributed by atoms with Gasteiger partial charge in [-0.25, -0.2) is 8.42 Å². The molecule has 2 aromatic rings. The van der Waals surface area contributed by atoms with Crippen molar-refractivity contribution in [2.24, 2.45) is 0 Å². The first-order chi connectivity index (χ1) is 13.2. The summed E-state index contributed by atoms with van der Waals surface area (Å²) >= 11 is 0. The zero-order valence-electron chi connectivity index (χ0n) is 16.1. The van der Waals surface area contributed by atoms with Crippen molar-refractivity contribution in [1.82, 2.24) is 5.32 Å². The van der Waals surface area contributed by atoms with Crippen LogP contribution in [0.5, 0.6) is 0 Å². The van der Waals surface area contributed by atoms with E-state index in [1.807, 2.05) is 30.3 Å². The van der Waals surface area contributed by atoms with Crippen LogP contribution in [0.15, 0.2) is 54.6 Å². The maximum Gasteiger partial charge on any atom is 0.246 e. The van der Waals surface area contributed by atoms with Crippen molar-refractivity contribution in [2.45, 2.75) is 25.6 Å². The second kappa shape index (κ2) is 9.32. The molecular weight excluding hydrogens is 376 g/mol. The van der Waals surface area contributed by atoms with Crippen LogP contribution in [0.1, 0.15) is 23.6 Å². The number of nitrogens with one attached hydrogen (secondary N) is 2. The third kappa shape index (κ3) is 6.66. The molecule has 6 nitrogen and oxygen atoms in total. The van der Waals surface area contributed by atoms with Crippen molar-refractivity contribution in [3.8, 4) is 0 Å². The molecule has 0 saturated carbocycles. The standard InChI is InChI=1S/C21H24N2O4S/c1-15-18(14-28(3,26)27)10-7-11-19(15)23-21(25)16(2)22-20(24)13-12-17-8-5-4-6-9-17/h4-13,16H,14H2,1-3H3,(H,22,24)(H,23,25)/b13-12+. The molecule has 0 bridgehead atoms. The average molecular weight is 401 g/mol. The van der Waals surface area contributed by atoms with Gasteiger partial charge in [0, 0.05) is 18.0 Å². The maximum absolute atomic E-state index is 12.4. The van der Waals surface area contributed by atoms with Crippen LogP contribution in [0.2, 0.25) is 0 Å². The molecule has 1 atom stereocenters. The van der Waals surface area contributed by atoms with E-state index in [0.29, 0.717) is 16.8 Å². The van der Waals surface area contributed by atoms with Gasteiger partial charge in [-0.15, -0.1) is 0 Å². The molecule has 0 spiro atoms. The molecule has 0 fully saturated rings. The van der Waals surface area contributed by atoms with Gasteiger partial charge in [0.1, 0.15) is 6.04 Å². The van der Waals surface area contributed by atoms with Gasteiger partial charge in [-0.05, 0) is 42.7 Å². The molecule has 0 heterocycles. The Morgan fingerprint density at radius 3 is 2.39 bits per heavy atom. The molecule has 0 aliphatic carbocycles. The Labute approximate surface area is 165 Å². The summed E-state index contributed by atoms with van der Waals surface area (Å²) in [6.07, 6.45) is 4.20. The minimum absolute atomic E-state index is 0.0981. The minimum Gasteiger partial charge on any atom is -0.341 e. The Balaban J connectivity index is 1.99. The first kappa shape index (κ1) is 21.4. The fourth-order valence-electron chi connectivity index (χ4n) is 2.56. The van der Waals surface area contributed by atoms with Crippen LogP contribution in [0, 0.1) is 6.92 Å². The number of rotatable bonds is 7. The molecule has 2 aromatic carbocycles. The summed E-state index contributed by atoms with van der Waals surface area (Å²) in [7, 11) is -3.18. The third-order valence-corrected chi connectivity index (χ3v) is 4.94. The van der Waals surface area contributed by atoms with Gasteiger partial charge in [0.15, 0.2) is 9.84 Å². The normalized spacial score (nSPS) is 12.5. The Bertz CT molecular complexity index is 983. The van der Waals surface area contributed by atoms with Gasteiger partial charge in [-0.3, -0.25) is 9.59 Å². The zero-order chi connectivity index (χ0) is 20.7. The van der Waals surface area contributed by atoms with Crippen molar-refractivity contribution in [3.63, 3.8) is 0 Å². The molecule has 2 amide bonds. The van der Waals surface area contributed by atoms with E-state index in [0.717, 1.165) is 11.8 Å².